The zero-order valence-corrected chi connectivity index (χ0v) is 19.3. The minimum Gasteiger partial charge on any atom is -0.465 e. The van der Waals surface area contributed by atoms with E-state index in [0.29, 0.717) is 29.7 Å². The number of hydrogen-bond acceptors (Lipinski definition) is 6. The van der Waals surface area contributed by atoms with Crippen LogP contribution in [0.5, 0.6) is 0 Å². The van der Waals surface area contributed by atoms with Gasteiger partial charge in [-0.1, -0.05) is 18.2 Å². The quantitative estimate of drug-likeness (QED) is 0.285. The number of aromatic nitrogens is 4. The lowest BCUT2D eigenvalue weighted by molar-refractivity contribution is 0.0950. The zero-order valence-electron chi connectivity index (χ0n) is 19.3. The molecule has 4 aromatic rings. The first-order valence-electron chi connectivity index (χ1n) is 11.2. The van der Waals surface area contributed by atoms with Gasteiger partial charge in [-0.2, -0.15) is 0 Å². The van der Waals surface area contributed by atoms with Gasteiger partial charge >= 0.3 is 6.09 Å². The molecule has 0 spiro atoms. The summed E-state index contributed by atoms with van der Waals surface area (Å²) in [4.78, 5) is 50.6. The van der Waals surface area contributed by atoms with Crippen LogP contribution in [-0.4, -0.2) is 37.0 Å². The molecule has 4 heterocycles. The van der Waals surface area contributed by atoms with Crippen molar-refractivity contribution in [1.29, 1.82) is 0 Å². The molecule has 36 heavy (non-hydrogen) atoms. The summed E-state index contributed by atoms with van der Waals surface area (Å²) >= 11 is 0. The van der Waals surface area contributed by atoms with Gasteiger partial charge in [-0.3, -0.25) is 24.5 Å². The van der Waals surface area contributed by atoms with Crippen molar-refractivity contribution in [2.45, 2.75) is 25.9 Å². The third kappa shape index (κ3) is 6.83. The lowest BCUT2D eigenvalue weighted by Gasteiger charge is -2.08. The molecular weight excluding hydrogens is 460 g/mol. The van der Waals surface area contributed by atoms with Crippen molar-refractivity contribution in [1.82, 2.24) is 30.6 Å². The Balaban J connectivity index is 1.32. The summed E-state index contributed by atoms with van der Waals surface area (Å²) in [7, 11) is 0. The van der Waals surface area contributed by atoms with Gasteiger partial charge in [0.05, 0.1) is 17.8 Å². The third-order valence-corrected chi connectivity index (χ3v) is 5.38. The van der Waals surface area contributed by atoms with Gasteiger partial charge in [-0.05, 0) is 41.0 Å². The predicted octanol–water partition coefficient (Wildman–Crippen LogP) is 2.44. The van der Waals surface area contributed by atoms with Crippen molar-refractivity contribution in [2.75, 3.05) is 0 Å². The molecule has 0 bridgehead atoms. The van der Waals surface area contributed by atoms with Crippen LogP contribution in [0.15, 0.2) is 78.2 Å². The SMILES string of the molecule is O=C(O)NCc1ccc(CNC(=O)c2cncc(Cc3ccc(Cc4ccc[nH]c4=O)nc3)c2)cn1. The monoisotopic (exact) mass is 484 g/mol. The van der Waals surface area contributed by atoms with E-state index in [0.717, 1.165) is 22.4 Å². The Morgan fingerprint density at radius 1 is 0.833 bits per heavy atom. The van der Waals surface area contributed by atoms with Crippen LogP contribution in [0.1, 0.15) is 44.0 Å². The van der Waals surface area contributed by atoms with E-state index in [9.17, 15) is 14.4 Å². The maximum absolute atomic E-state index is 12.6. The normalized spacial score (nSPS) is 10.6. The zero-order chi connectivity index (χ0) is 25.3. The molecule has 4 rings (SSSR count). The van der Waals surface area contributed by atoms with Crippen molar-refractivity contribution >= 4 is 12.0 Å². The van der Waals surface area contributed by atoms with E-state index < -0.39 is 6.09 Å². The first-order chi connectivity index (χ1) is 17.5. The number of H-pyrrole nitrogens is 1. The van der Waals surface area contributed by atoms with Gasteiger partial charge < -0.3 is 20.7 Å². The van der Waals surface area contributed by atoms with Crippen molar-refractivity contribution in [3.05, 3.63) is 123 Å². The smallest absolute Gasteiger partial charge is 0.404 e. The molecular formula is C26H24N6O4. The fourth-order valence-electron chi connectivity index (χ4n) is 3.51. The standard InChI is InChI=1S/C26H24N6O4/c33-24-20(2-1-7-28-24)10-22-5-3-17(12-29-22)8-19-9-21(15-27-11-19)25(34)31-14-18-4-6-23(30-13-18)16-32-26(35)36/h1-7,9,11-13,15,32H,8,10,14,16H2,(H,28,33)(H,31,34)(H,35,36). The highest BCUT2D eigenvalue weighted by Crippen LogP contribution is 2.12. The number of hydrogen-bond donors (Lipinski definition) is 4. The molecule has 0 aliphatic heterocycles. The molecule has 0 aliphatic rings. The van der Waals surface area contributed by atoms with Gasteiger partial charge in [0, 0.05) is 61.6 Å². The third-order valence-electron chi connectivity index (χ3n) is 5.38. The summed E-state index contributed by atoms with van der Waals surface area (Å²) in [5.41, 5.74) is 4.97. The minimum absolute atomic E-state index is 0.117. The predicted molar refractivity (Wildman–Crippen MR) is 131 cm³/mol. The van der Waals surface area contributed by atoms with Crippen LogP contribution in [0.4, 0.5) is 4.79 Å². The fraction of sp³-hybridized carbons (Fsp3) is 0.154. The second-order valence-electron chi connectivity index (χ2n) is 8.12. The van der Waals surface area contributed by atoms with Crippen LogP contribution in [0.2, 0.25) is 0 Å². The van der Waals surface area contributed by atoms with E-state index in [4.69, 9.17) is 5.11 Å². The highest BCUT2D eigenvalue weighted by atomic mass is 16.4. The van der Waals surface area contributed by atoms with Gasteiger partial charge in [0.15, 0.2) is 0 Å². The Morgan fingerprint density at radius 3 is 2.33 bits per heavy atom. The van der Waals surface area contributed by atoms with Gasteiger partial charge in [-0.25, -0.2) is 4.79 Å². The largest absolute Gasteiger partial charge is 0.465 e. The summed E-state index contributed by atoms with van der Waals surface area (Å²) < 4.78 is 0. The Hall–Kier alpha value is -4.86. The summed E-state index contributed by atoms with van der Waals surface area (Å²) in [5, 5.41) is 13.7. The van der Waals surface area contributed by atoms with Gasteiger partial charge in [0.1, 0.15) is 0 Å². The molecule has 0 aromatic carbocycles. The number of carbonyl (C=O) groups is 2. The number of aromatic amines is 1. The van der Waals surface area contributed by atoms with Crippen molar-refractivity contribution < 1.29 is 14.7 Å². The van der Waals surface area contributed by atoms with E-state index in [2.05, 4.69) is 30.6 Å². The van der Waals surface area contributed by atoms with Gasteiger partial charge in [-0.15, -0.1) is 0 Å². The first kappa shape index (κ1) is 24.3. The highest BCUT2D eigenvalue weighted by molar-refractivity contribution is 5.94. The molecule has 4 aromatic heterocycles. The van der Waals surface area contributed by atoms with Crippen LogP contribution in [0, 0.1) is 0 Å². The molecule has 0 atom stereocenters. The number of pyridine rings is 4. The summed E-state index contributed by atoms with van der Waals surface area (Å²) in [6.45, 7) is 0.393. The van der Waals surface area contributed by atoms with Crippen molar-refractivity contribution in [3.8, 4) is 0 Å². The number of rotatable bonds is 9. The maximum atomic E-state index is 12.6. The Bertz CT molecular complexity index is 1400. The molecule has 0 unspecified atom stereocenters. The van der Waals surface area contributed by atoms with Crippen LogP contribution >= 0.6 is 0 Å². The second kappa shape index (κ2) is 11.5. The molecule has 0 aliphatic carbocycles. The van der Waals surface area contributed by atoms with E-state index in [1.54, 1.807) is 55.1 Å². The Labute approximate surface area is 206 Å². The molecule has 2 amide bonds. The number of carboxylic acid groups (broad SMARTS) is 1. The number of carbonyl (C=O) groups excluding carboxylic acids is 1. The minimum atomic E-state index is -1.11. The average molecular weight is 485 g/mol. The Kier molecular flexibility index (Phi) is 7.76. The van der Waals surface area contributed by atoms with Crippen molar-refractivity contribution in [2.24, 2.45) is 0 Å². The van der Waals surface area contributed by atoms with Crippen molar-refractivity contribution in [3.63, 3.8) is 0 Å². The average Bonchev–Trinajstić information content (AvgIpc) is 2.89. The topological polar surface area (TPSA) is 150 Å². The second-order valence-corrected chi connectivity index (χ2v) is 8.12. The highest BCUT2D eigenvalue weighted by Gasteiger charge is 2.09. The lowest BCUT2D eigenvalue weighted by Crippen LogP contribution is -2.23. The molecule has 4 N–H and O–H groups in total. The molecule has 10 heteroatoms. The molecule has 182 valence electrons. The van der Waals surface area contributed by atoms with Crippen LogP contribution < -0.4 is 16.2 Å². The maximum Gasteiger partial charge on any atom is 0.404 e. The van der Waals surface area contributed by atoms with Crippen LogP contribution in [0.3, 0.4) is 0 Å². The first-order valence-corrected chi connectivity index (χ1v) is 11.2. The van der Waals surface area contributed by atoms with Crippen LogP contribution in [0.25, 0.3) is 0 Å². The van der Waals surface area contributed by atoms with E-state index in [1.165, 1.54) is 6.20 Å². The summed E-state index contributed by atoms with van der Waals surface area (Å²) in [6.07, 6.45) is 8.08. The van der Waals surface area contributed by atoms with Crippen LogP contribution in [-0.2, 0) is 25.9 Å². The molecule has 10 nitrogen and oxygen atoms in total. The number of nitrogens with zero attached hydrogens (tertiary/aromatic N) is 3. The lowest BCUT2D eigenvalue weighted by atomic mass is 10.1. The Morgan fingerprint density at radius 2 is 1.61 bits per heavy atom. The number of nitrogens with one attached hydrogen (secondary N) is 3. The summed E-state index contributed by atoms with van der Waals surface area (Å²) in [5.74, 6) is -0.262. The van der Waals surface area contributed by atoms with Gasteiger partial charge in [0.25, 0.3) is 11.5 Å². The molecule has 0 radical (unpaired) electrons. The molecule has 0 saturated heterocycles. The fourth-order valence-corrected chi connectivity index (χ4v) is 3.51. The molecule has 0 fully saturated rings. The van der Waals surface area contributed by atoms with E-state index in [-0.39, 0.29) is 24.6 Å². The summed E-state index contributed by atoms with van der Waals surface area (Å²) in [6, 6.07) is 12.7. The van der Waals surface area contributed by atoms with E-state index >= 15 is 0 Å². The molecule has 0 saturated carbocycles. The van der Waals surface area contributed by atoms with Gasteiger partial charge in [0.2, 0.25) is 0 Å². The van der Waals surface area contributed by atoms with E-state index in [1.807, 2.05) is 12.1 Å². The number of amides is 2.